The molecule has 0 bridgehead atoms. The molecule has 0 unspecified atom stereocenters. The van der Waals surface area contributed by atoms with Crippen LogP contribution < -0.4 is 11.1 Å². The highest BCUT2D eigenvalue weighted by Crippen LogP contribution is 2.08. The van der Waals surface area contributed by atoms with Crippen LogP contribution in [0.5, 0.6) is 0 Å². The Bertz CT molecular complexity index is 467. The lowest BCUT2D eigenvalue weighted by Crippen LogP contribution is -2.29. The molecule has 1 amide bonds. The summed E-state index contributed by atoms with van der Waals surface area (Å²) in [6.07, 6.45) is 1.12. The predicted molar refractivity (Wildman–Crippen MR) is 62.0 cm³/mol. The van der Waals surface area contributed by atoms with E-state index in [4.69, 9.17) is 5.73 Å². The van der Waals surface area contributed by atoms with Gasteiger partial charge in [0.1, 0.15) is 20.5 Å². The minimum Gasteiger partial charge on any atom is -0.350 e. The minimum atomic E-state index is -3.05. The molecule has 6 nitrogen and oxygen atoms in total. The highest BCUT2D eigenvalue weighted by molar-refractivity contribution is 7.90. The van der Waals surface area contributed by atoms with Crippen LogP contribution in [0.15, 0.2) is 5.38 Å². The van der Waals surface area contributed by atoms with Crippen LogP contribution in [-0.2, 0) is 16.4 Å². The number of nitrogens with two attached hydrogens (primary N) is 1. The number of aromatic nitrogens is 1. The lowest BCUT2D eigenvalue weighted by Gasteiger charge is -2.01. The highest BCUT2D eigenvalue weighted by Gasteiger charge is 2.10. The first-order valence-electron chi connectivity index (χ1n) is 4.53. The van der Waals surface area contributed by atoms with Gasteiger partial charge < -0.3 is 11.1 Å². The number of hydrogen-bond acceptors (Lipinski definition) is 6. The molecule has 90 valence electrons. The first-order valence-corrected chi connectivity index (χ1v) is 7.47. The lowest BCUT2D eigenvalue weighted by molar-refractivity contribution is 0.0951. The number of sulfone groups is 1. The molecular weight excluding hydrogens is 250 g/mol. The zero-order chi connectivity index (χ0) is 12.2. The quantitative estimate of drug-likeness (QED) is 0.737. The third-order valence-corrected chi connectivity index (χ3v) is 3.53. The molecule has 0 spiro atoms. The molecule has 0 aliphatic carbocycles. The molecule has 0 aliphatic heterocycles. The summed E-state index contributed by atoms with van der Waals surface area (Å²) >= 11 is 1.30. The van der Waals surface area contributed by atoms with Crippen molar-refractivity contribution in [1.82, 2.24) is 10.3 Å². The van der Waals surface area contributed by atoms with Crippen LogP contribution in [0, 0.1) is 0 Å². The molecule has 1 aromatic rings. The fourth-order valence-corrected chi connectivity index (χ4v) is 2.08. The molecule has 16 heavy (non-hydrogen) atoms. The van der Waals surface area contributed by atoms with E-state index in [0.29, 0.717) is 11.6 Å². The van der Waals surface area contributed by atoms with E-state index in [1.165, 1.54) is 11.3 Å². The topological polar surface area (TPSA) is 102 Å². The Morgan fingerprint density at radius 3 is 2.81 bits per heavy atom. The summed E-state index contributed by atoms with van der Waals surface area (Å²) in [4.78, 5) is 15.4. The Balaban J connectivity index is 2.47. The van der Waals surface area contributed by atoms with Gasteiger partial charge in [-0.05, 0) is 0 Å². The molecule has 0 saturated carbocycles. The van der Waals surface area contributed by atoms with E-state index in [1.807, 2.05) is 0 Å². The van der Waals surface area contributed by atoms with Gasteiger partial charge in [-0.1, -0.05) is 0 Å². The number of nitrogens with one attached hydrogen (secondary N) is 1. The molecule has 0 radical (unpaired) electrons. The number of carbonyl (C=O) groups is 1. The average Bonchev–Trinajstić information content (AvgIpc) is 2.63. The number of nitrogens with zero attached hydrogens (tertiary/aromatic N) is 1. The standard InChI is InChI=1S/C8H13N3O3S2/c1-16(13,14)3-2-10-8(12)6-5-15-7(4-9)11-6/h5H,2-4,9H2,1H3,(H,10,12). The first kappa shape index (κ1) is 13.1. The average molecular weight is 263 g/mol. The summed E-state index contributed by atoms with van der Waals surface area (Å²) in [6, 6.07) is 0. The van der Waals surface area contributed by atoms with Crippen molar-refractivity contribution < 1.29 is 13.2 Å². The largest absolute Gasteiger partial charge is 0.350 e. The number of hydrogen-bond donors (Lipinski definition) is 2. The van der Waals surface area contributed by atoms with Crippen molar-refractivity contribution in [3.05, 3.63) is 16.1 Å². The van der Waals surface area contributed by atoms with E-state index in [9.17, 15) is 13.2 Å². The second-order valence-electron chi connectivity index (χ2n) is 3.22. The molecule has 0 atom stereocenters. The van der Waals surface area contributed by atoms with Crippen LogP contribution in [0.1, 0.15) is 15.5 Å². The minimum absolute atomic E-state index is 0.0768. The molecule has 0 aromatic carbocycles. The predicted octanol–water partition coefficient (Wildman–Crippen LogP) is -0.624. The van der Waals surface area contributed by atoms with Crippen molar-refractivity contribution >= 4 is 27.1 Å². The smallest absolute Gasteiger partial charge is 0.270 e. The fourth-order valence-electron chi connectivity index (χ4n) is 0.949. The Morgan fingerprint density at radius 1 is 1.62 bits per heavy atom. The zero-order valence-electron chi connectivity index (χ0n) is 8.76. The fraction of sp³-hybridized carbons (Fsp3) is 0.500. The van der Waals surface area contributed by atoms with Crippen LogP contribution in [0.3, 0.4) is 0 Å². The molecule has 0 aliphatic rings. The van der Waals surface area contributed by atoms with E-state index in [-0.39, 0.29) is 23.9 Å². The summed E-state index contributed by atoms with van der Waals surface area (Å²) < 4.78 is 21.6. The van der Waals surface area contributed by atoms with Crippen molar-refractivity contribution in [1.29, 1.82) is 0 Å². The van der Waals surface area contributed by atoms with Gasteiger partial charge >= 0.3 is 0 Å². The van der Waals surface area contributed by atoms with Crippen LogP contribution in [-0.4, -0.2) is 37.9 Å². The van der Waals surface area contributed by atoms with Crippen molar-refractivity contribution in [2.75, 3.05) is 18.6 Å². The third-order valence-electron chi connectivity index (χ3n) is 1.72. The van der Waals surface area contributed by atoms with Crippen molar-refractivity contribution in [2.24, 2.45) is 5.73 Å². The first-order chi connectivity index (χ1) is 7.42. The molecule has 1 aromatic heterocycles. The monoisotopic (exact) mass is 263 g/mol. The lowest BCUT2D eigenvalue weighted by atomic mass is 10.4. The Labute approximate surface area is 97.8 Å². The van der Waals surface area contributed by atoms with Crippen molar-refractivity contribution in [3.63, 3.8) is 0 Å². The van der Waals surface area contributed by atoms with Crippen LogP contribution in [0.2, 0.25) is 0 Å². The summed E-state index contributed by atoms with van der Waals surface area (Å²) in [5.41, 5.74) is 5.63. The van der Waals surface area contributed by atoms with Crippen LogP contribution in [0.4, 0.5) is 0 Å². The molecular formula is C8H13N3O3S2. The summed E-state index contributed by atoms with van der Waals surface area (Å²) in [5.74, 6) is -0.452. The summed E-state index contributed by atoms with van der Waals surface area (Å²) in [7, 11) is -3.05. The normalized spacial score (nSPS) is 11.4. The van der Waals surface area contributed by atoms with Gasteiger partial charge in [-0.25, -0.2) is 13.4 Å². The molecule has 3 N–H and O–H groups in total. The second kappa shape index (κ2) is 5.37. The van der Waals surface area contributed by atoms with Crippen LogP contribution in [0.25, 0.3) is 0 Å². The summed E-state index contributed by atoms with van der Waals surface area (Å²) in [6.45, 7) is 0.383. The molecule has 0 fully saturated rings. The molecule has 1 rings (SSSR count). The van der Waals surface area contributed by atoms with Gasteiger partial charge in [-0.2, -0.15) is 0 Å². The number of amides is 1. The van der Waals surface area contributed by atoms with Gasteiger partial charge in [-0.15, -0.1) is 11.3 Å². The van der Waals surface area contributed by atoms with Gasteiger partial charge in [0, 0.05) is 24.7 Å². The van der Waals surface area contributed by atoms with Crippen LogP contribution >= 0.6 is 11.3 Å². The van der Waals surface area contributed by atoms with Gasteiger partial charge in [0.25, 0.3) is 5.91 Å². The van der Waals surface area contributed by atoms with E-state index in [1.54, 1.807) is 5.38 Å². The van der Waals surface area contributed by atoms with Gasteiger partial charge in [0.05, 0.1) is 5.75 Å². The SMILES string of the molecule is CS(=O)(=O)CCNC(=O)c1csc(CN)n1. The Kier molecular flexibility index (Phi) is 4.39. The summed E-state index contributed by atoms with van der Waals surface area (Å²) in [5, 5.41) is 4.75. The van der Waals surface area contributed by atoms with Gasteiger partial charge in [0.15, 0.2) is 0 Å². The zero-order valence-corrected chi connectivity index (χ0v) is 10.4. The maximum Gasteiger partial charge on any atom is 0.270 e. The molecule has 1 heterocycles. The number of carbonyl (C=O) groups excluding carboxylic acids is 1. The van der Waals surface area contributed by atoms with E-state index in [0.717, 1.165) is 6.26 Å². The maximum absolute atomic E-state index is 11.5. The second-order valence-corrected chi connectivity index (χ2v) is 6.42. The Hall–Kier alpha value is -0.990. The van der Waals surface area contributed by atoms with E-state index < -0.39 is 9.84 Å². The van der Waals surface area contributed by atoms with Crippen molar-refractivity contribution in [3.8, 4) is 0 Å². The third kappa shape index (κ3) is 4.25. The molecule has 0 saturated heterocycles. The van der Waals surface area contributed by atoms with Gasteiger partial charge in [0.2, 0.25) is 0 Å². The van der Waals surface area contributed by atoms with Gasteiger partial charge in [-0.3, -0.25) is 4.79 Å². The highest BCUT2D eigenvalue weighted by atomic mass is 32.2. The van der Waals surface area contributed by atoms with E-state index >= 15 is 0 Å². The maximum atomic E-state index is 11.5. The van der Waals surface area contributed by atoms with E-state index in [2.05, 4.69) is 10.3 Å². The van der Waals surface area contributed by atoms with Crippen molar-refractivity contribution in [2.45, 2.75) is 6.54 Å². The number of rotatable bonds is 5. The Morgan fingerprint density at radius 2 is 2.31 bits per heavy atom. The molecule has 8 heteroatoms. The number of thiazole rings is 1.